The number of nitrogen functional groups attached to an aromatic ring is 1. The maximum Gasteiger partial charge on any atom is 0.225 e. The van der Waals surface area contributed by atoms with Gasteiger partial charge in [0.05, 0.1) is 5.39 Å². The van der Waals surface area contributed by atoms with E-state index >= 15 is 0 Å². The first-order chi connectivity index (χ1) is 6.16. The van der Waals surface area contributed by atoms with Crippen molar-refractivity contribution in [2.45, 2.75) is 0 Å². The molecule has 0 spiro atoms. The van der Waals surface area contributed by atoms with Crippen molar-refractivity contribution in [3.8, 4) is 5.88 Å². The molecule has 0 atom stereocenters. The third-order valence-electron chi connectivity index (χ3n) is 1.52. The van der Waals surface area contributed by atoms with E-state index in [4.69, 9.17) is 5.73 Å². The molecule has 0 saturated carbocycles. The molecule has 0 fully saturated rings. The van der Waals surface area contributed by atoms with E-state index in [0.717, 1.165) is 3.57 Å². The summed E-state index contributed by atoms with van der Waals surface area (Å²) in [7, 11) is 0. The molecule has 2 rings (SSSR count). The lowest BCUT2D eigenvalue weighted by Crippen LogP contribution is -1.96. The molecular formula is C7H5IN4O. The van der Waals surface area contributed by atoms with Gasteiger partial charge in [0, 0.05) is 9.77 Å². The minimum Gasteiger partial charge on any atom is -0.493 e. The zero-order valence-electron chi connectivity index (χ0n) is 6.40. The predicted octanol–water partition coefficient (Wildman–Crippen LogP) is 0.917. The van der Waals surface area contributed by atoms with Crippen molar-refractivity contribution in [1.82, 2.24) is 15.0 Å². The number of anilines is 1. The van der Waals surface area contributed by atoms with Gasteiger partial charge < -0.3 is 10.8 Å². The molecule has 0 radical (unpaired) electrons. The third-order valence-corrected chi connectivity index (χ3v) is 2.11. The molecule has 2 aromatic rings. The van der Waals surface area contributed by atoms with Crippen molar-refractivity contribution in [1.29, 1.82) is 0 Å². The van der Waals surface area contributed by atoms with E-state index in [9.17, 15) is 5.11 Å². The molecule has 0 aromatic carbocycles. The lowest BCUT2D eigenvalue weighted by atomic mass is 10.3. The predicted molar refractivity (Wildman–Crippen MR) is 56.1 cm³/mol. The zero-order chi connectivity index (χ0) is 9.42. The fourth-order valence-corrected chi connectivity index (χ4v) is 1.44. The van der Waals surface area contributed by atoms with Crippen LogP contribution in [0.1, 0.15) is 0 Å². The average molecular weight is 288 g/mol. The second-order valence-corrected chi connectivity index (χ2v) is 3.68. The quantitative estimate of drug-likeness (QED) is 0.704. The van der Waals surface area contributed by atoms with Crippen molar-refractivity contribution in [2.75, 3.05) is 5.73 Å². The first kappa shape index (κ1) is 8.42. The summed E-state index contributed by atoms with van der Waals surface area (Å²) in [6, 6.07) is 1.75. The highest BCUT2D eigenvalue weighted by atomic mass is 127. The van der Waals surface area contributed by atoms with Gasteiger partial charge in [-0.2, -0.15) is 9.97 Å². The molecule has 2 heterocycles. The summed E-state index contributed by atoms with van der Waals surface area (Å²) in [5.41, 5.74) is 5.75. The highest BCUT2D eigenvalue weighted by Crippen LogP contribution is 2.21. The Balaban J connectivity index is 2.87. The Morgan fingerprint density at radius 3 is 2.92 bits per heavy atom. The van der Waals surface area contributed by atoms with Crippen molar-refractivity contribution < 1.29 is 5.11 Å². The molecule has 0 aliphatic rings. The number of halogens is 1. The highest BCUT2D eigenvalue weighted by Gasteiger charge is 2.05. The average Bonchev–Trinajstić information content (AvgIpc) is 2.06. The number of nitrogens with two attached hydrogens (primary N) is 1. The van der Waals surface area contributed by atoms with Gasteiger partial charge in [-0.05, 0) is 28.7 Å². The van der Waals surface area contributed by atoms with Crippen molar-refractivity contribution >= 4 is 39.6 Å². The largest absolute Gasteiger partial charge is 0.493 e. The Hall–Kier alpha value is -1.18. The first-order valence-electron chi connectivity index (χ1n) is 3.44. The van der Waals surface area contributed by atoms with Crippen molar-refractivity contribution in [3.63, 3.8) is 0 Å². The molecule has 0 aliphatic heterocycles. The monoisotopic (exact) mass is 288 g/mol. The van der Waals surface area contributed by atoms with Crippen LogP contribution in [0.15, 0.2) is 12.3 Å². The van der Waals surface area contributed by atoms with Gasteiger partial charge >= 0.3 is 0 Å². The fraction of sp³-hybridized carbons (Fsp3) is 0. The number of rotatable bonds is 0. The van der Waals surface area contributed by atoms with Gasteiger partial charge in [-0.1, -0.05) is 0 Å². The number of aromatic hydroxyl groups is 1. The lowest BCUT2D eigenvalue weighted by Gasteiger charge is -1.99. The molecule has 6 heteroatoms. The number of pyridine rings is 1. The number of hydrogen-bond acceptors (Lipinski definition) is 5. The van der Waals surface area contributed by atoms with Gasteiger partial charge in [-0.15, -0.1) is 0 Å². The van der Waals surface area contributed by atoms with E-state index in [2.05, 4.69) is 37.5 Å². The summed E-state index contributed by atoms with van der Waals surface area (Å²) in [5.74, 6) is -0.104. The van der Waals surface area contributed by atoms with Crippen LogP contribution in [0.3, 0.4) is 0 Å². The Labute approximate surface area is 87.2 Å². The SMILES string of the molecule is Nc1nc(O)c2cc(I)cnc2n1. The number of hydrogen-bond donors (Lipinski definition) is 2. The smallest absolute Gasteiger partial charge is 0.225 e. The minimum atomic E-state index is -0.131. The van der Waals surface area contributed by atoms with Crippen LogP contribution in [0.25, 0.3) is 11.0 Å². The zero-order valence-corrected chi connectivity index (χ0v) is 8.56. The fourth-order valence-electron chi connectivity index (χ4n) is 0.988. The van der Waals surface area contributed by atoms with E-state index in [1.807, 2.05) is 0 Å². The number of fused-ring (bicyclic) bond motifs is 1. The van der Waals surface area contributed by atoms with Gasteiger partial charge in [0.25, 0.3) is 0 Å². The van der Waals surface area contributed by atoms with Gasteiger partial charge in [0.1, 0.15) is 0 Å². The summed E-state index contributed by atoms with van der Waals surface area (Å²) >= 11 is 2.09. The number of nitrogens with zero attached hydrogens (tertiary/aromatic N) is 3. The normalized spacial score (nSPS) is 10.5. The van der Waals surface area contributed by atoms with Crippen LogP contribution in [0, 0.1) is 3.57 Å². The van der Waals surface area contributed by atoms with Crippen LogP contribution in [0.4, 0.5) is 5.95 Å². The van der Waals surface area contributed by atoms with Crippen molar-refractivity contribution in [3.05, 3.63) is 15.8 Å². The van der Waals surface area contributed by atoms with Gasteiger partial charge in [-0.3, -0.25) is 0 Å². The lowest BCUT2D eigenvalue weighted by molar-refractivity contribution is 0.460. The highest BCUT2D eigenvalue weighted by molar-refractivity contribution is 14.1. The molecule has 0 aliphatic carbocycles. The third kappa shape index (κ3) is 1.48. The van der Waals surface area contributed by atoms with Crippen molar-refractivity contribution in [2.24, 2.45) is 0 Å². The van der Waals surface area contributed by atoms with E-state index in [1.165, 1.54) is 0 Å². The number of aromatic nitrogens is 3. The minimum absolute atomic E-state index is 0.0266. The van der Waals surface area contributed by atoms with Crippen LogP contribution in [0.5, 0.6) is 5.88 Å². The maximum atomic E-state index is 9.40. The molecule has 13 heavy (non-hydrogen) atoms. The maximum absolute atomic E-state index is 9.40. The molecule has 0 bridgehead atoms. The summed E-state index contributed by atoms with van der Waals surface area (Å²) in [6.45, 7) is 0. The molecule has 66 valence electrons. The Kier molecular flexibility index (Phi) is 1.91. The molecule has 5 nitrogen and oxygen atoms in total. The van der Waals surface area contributed by atoms with E-state index in [0.29, 0.717) is 11.0 Å². The molecule has 0 amide bonds. The van der Waals surface area contributed by atoms with E-state index in [-0.39, 0.29) is 11.8 Å². The Morgan fingerprint density at radius 1 is 1.38 bits per heavy atom. The van der Waals surface area contributed by atoms with Crippen LogP contribution in [-0.4, -0.2) is 20.1 Å². The molecule has 0 saturated heterocycles. The van der Waals surface area contributed by atoms with Crippen LogP contribution in [-0.2, 0) is 0 Å². The summed E-state index contributed by atoms with van der Waals surface area (Å²) in [6.07, 6.45) is 1.65. The van der Waals surface area contributed by atoms with Gasteiger partial charge in [-0.25, -0.2) is 4.98 Å². The van der Waals surface area contributed by atoms with Gasteiger partial charge in [0.15, 0.2) is 5.65 Å². The second kappa shape index (κ2) is 2.95. The van der Waals surface area contributed by atoms with E-state index < -0.39 is 0 Å². The molecule has 0 unspecified atom stereocenters. The molecule has 3 N–H and O–H groups in total. The summed E-state index contributed by atoms with van der Waals surface area (Å²) < 4.78 is 0.911. The topological polar surface area (TPSA) is 84.9 Å². The van der Waals surface area contributed by atoms with Crippen LogP contribution in [0.2, 0.25) is 0 Å². The summed E-state index contributed by atoms with van der Waals surface area (Å²) in [4.78, 5) is 11.5. The van der Waals surface area contributed by atoms with Gasteiger partial charge in [0.2, 0.25) is 11.8 Å². The first-order valence-corrected chi connectivity index (χ1v) is 4.52. The second-order valence-electron chi connectivity index (χ2n) is 2.43. The molecule has 2 aromatic heterocycles. The Bertz CT molecular complexity index is 473. The van der Waals surface area contributed by atoms with E-state index in [1.54, 1.807) is 12.3 Å². The summed E-state index contributed by atoms with van der Waals surface area (Å²) in [5, 5.41) is 9.92. The van der Waals surface area contributed by atoms with Crippen LogP contribution >= 0.6 is 22.6 Å². The molecular weight excluding hydrogens is 283 g/mol. The standard InChI is InChI=1S/C7H5IN4O/c8-3-1-4-5(10-2-3)11-7(9)12-6(4)13/h1-2H,(H3,9,10,11,12,13). The van der Waals surface area contributed by atoms with Crippen LogP contribution < -0.4 is 5.73 Å². The Morgan fingerprint density at radius 2 is 2.15 bits per heavy atom.